The molecule has 0 radical (unpaired) electrons. The lowest BCUT2D eigenvalue weighted by molar-refractivity contribution is 0.313. The van der Waals surface area contributed by atoms with E-state index in [0.717, 1.165) is 74.5 Å². The summed E-state index contributed by atoms with van der Waals surface area (Å²) in [4.78, 5) is 22.9. The highest BCUT2D eigenvalue weighted by Gasteiger charge is 2.17. The molecule has 0 aliphatic carbocycles. The molecule has 0 bridgehead atoms. The van der Waals surface area contributed by atoms with Crippen LogP contribution >= 0.6 is 11.6 Å². The summed E-state index contributed by atoms with van der Waals surface area (Å²) in [5.74, 6) is 0.677. The molecule has 5 rings (SSSR count). The van der Waals surface area contributed by atoms with Crippen molar-refractivity contribution in [1.29, 1.82) is 0 Å². The molecule has 1 saturated heterocycles. The smallest absolute Gasteiger partial charge is 0.259 e. The zero-order valence-corrected chi connectivity index (χ0v) is 21.2. The molecule has 7 heteroatoms. The van der Waals surface area contributed by atoms with Gasteiger partial charge < -0.3 is 14.4 Å². The summed E-state index contributed by atoms with van der Waals surface area (Å²) in [5.41, 5.74) is 4.82. The molecule has 1 aliphatic rings. The molecule has 0 atom stereocenters. The number of imidazole rings is 1. The Morgan fingerprint density at radius 2 is 1.60 bits per heavy atom. The molecule has 0 spiro atoms. The summed E-state index contributed by atoms with van der Waals surface area (Å²) in [6.07, 6.45) is 5.13. The Kier molecular flexibility index (Phi) is 6.93. The van der Waals surface area contributed by atoms with E-state index in [9.17, 15) is 4.79 Å². The molecule has 0 N–H and O–H groups in total. The Bertz CT molecular complexity index is 1350. The van der Waals surface area contributed by atoms with Gasteiger partial charge in [0.1, 0.15) is 0 Å². The third kappa shape index (κ3) is 5.00. The number of halogens is 1. The summed E-state index contributed by atoms with van der Waals surface area (Å²) in [6.45, 7) is 7.23. The minimum atomic E-state index is -0.0717. The molecule has 3 heterocycles. The Balaban J connectivity index is 1.55. The second-order valence-corrected chi connectivity index (χ2v) is 9.80. The van der Waals surface area contributed by atoms with Crippen molar-refractivity contribution in [2.24, 2.45) is 0 Å². The summed E-state index contributed by atoms with van der Waals surface area (Å²) in [7, 11) is 2.17. The average Bonchev–Trinajstić information content (AvgIpc) is 3.33. The standard InChI is InChI=1S/C28H32ClN5O/c1-3-4-5-14-33-26(22-8-12-24(13-9-22)32-17-15-31(2)16-18-32)19-27(35)34-20-25(30-28(33)34)21-6-10-23(29)11-7-21/h6-13,19-20H,3-5,14-18H2,1-2H3. The fourth-order valence-corrected chi connectivity index (χ4v) is 4.87. The van der Waals surface area contributed by atoms with Gasteiger partial charge in [0.05, 0.1) is 11.4 Å². The monoisotopic (exact) mass is 489 g/mol. The Morgan fingerprint density at radius 1 is 0.914 bits per heavy atom. The summed E-state index contributed by atoms with van der Waals surface area (Å²) in [6, 6.07) is 18.0. The quantitative estimate of drug-likeness (QED) is 0.325. The highest BCUT2D eigenvalue weighted by atomic mass is 35.5. The zero-order chi connectivity index (χ0) is 24.4. The van der Waals surface area contributed by atoms with Gasteiger partial charge in [-0.15, -0.1) is 0 Å². The van der Waals surface area contributed by atoms with Crippen LogP contribution in [0.2, 0.25) is 5.02 Å². The van der Waals surface area contributed by atoms with Crippen molar-refractivity contribution in [3.63, 3.8) is 0 Å². The van der Waals surface area contributed by atoms with Gasteiger partial charge in [-0.05, 0) is 43.3 Å². The number of aromatic nitrogens is 3. The van der Waals surface area contributed by atoms with Crippen molar-refractivity contribution in [1.82, 2.24) is 18.9 Å². The van der Waals surface area contributed by atoms with E-state index in [0.29, 0.717) is 10.8 Å². The molecule has 35 heavy (non-hydrogen) atoms. The lowest BCUT2D eigenvalue weighted by Crippen LogP contribution is -2.44. The van der Waals surface area contributed by atoms with Gasteiger partial charge >= 0.3 is 0 Å². The van der Waals surface area contributed by atoms with Crippen LogP contribution < -0.4 is 10.5 Å². The highest BCUT2D eigenvalue weighted by Crippen LogP contribution is 2.27. The summed E-state index contributed by atoms with van der Waals surface area (Å²) < 4.78 is 3.86. The predicted molar refractivity (Wildman–Crippen MR) is 145 cm³/mol. The Hall–Kier alpha value is -3.09. The molecule has 0 saturated carbocycles. The maximum absolute atomic E-state index is 13.2. The van der Waals surface area contributed by atoms with E-state index in [1.165, 1.54) is 5.69 Å². The van der Waals surface area contributed by atoms with Gasteiger partial charge in [-0.1, -0.05) is 55.6 Å². The van der Waals surface area contributed by atoms with E-state index in [4.69, 9.17) is 16.6 Å². The Labute approximate surface area is 211 Å². The van der Waals surface area contributed by atoms with Gasteiger partial charge in [0.25, 0.3) is 5.56 Å². The SMILES string of the molecule is CCCCCn1c(-c2ccc(N3CCN(C)CC3)cc2)cc(=O)n2cc(-c3ccc(Cl)cc3)nc12. The topological polar surface area (TPSA) is 45.8 Å². The van der Waals surface area contributed by atoms with Gasteiger partial charge in [-0.25, -0.2) is 4.98 Å². The zero-order valence-electron chi connectivity index (χ0n) is 20.5. The minimum Gasteiger partial charge on any atom is -0.369 e. The van der Waals surface area contributed by atoms with Crippen LogP contribution in [0.5, 0.6) is 0 Å². The number of benzene rings is 2. The van der Waals surface area contributed by atoms with E-state index >= 15 is 0 Å². The molecule has 182 valence electrons. The number of unbranched alkanes of at least 4 members (excludes halogenated alkanes) is 2. The second kappa shape index (κ2) is 10.3. The first-order valence-corrected chi connectivity index (χ1v) is 12.8. The van der Waals surface area contributed by atoms with Gasteiger partial charge in [-0.3, -0.25) is 9.20 Å². The number of anilines is 1. The van der Waals surface area contributed by atoms with Crippen LogP contribution in [0.25, 0.3) is 28.3 Å². The normalized spacial score (nSPS) is 14.7. The molecule has 2 aromatic heterocycles. The van der Waals surface area contributed by atoms with Crippen LogP contribution in [0.15, 0.2) is 65.6 Å². The molecule has 1 aliphatic heterocycles. The highest BCUT2D eigenvalue weighted by molar-refractivity contribution is 6.30. The second-order valence-electron chi connectivity index (χ2n) is 9.37. The first kappa shape index (κ1) is 23.6. The number of fused-ring (bicyclic) bond motifs is 1. The van der Waals surface area contributed by atoms with Crippen molar-refractivity contribution in [2.75, 3.05) is 38.1 Å². The molecule has 4 aromatic rings. The van der Waals surface area contributed by atoms with E-state index in [1.807, 2.05) is 30.5 Å². The fourth-order valence-electron chi connectivity index (χ4n) is 4.74. The van der Waals surface area contributed by atoms with Gasteiger partial charge in [0.2, 0.25) is 5.78 Å². The van der Waals surface area contributed by atoms with E-state index in [-0.39, 0.29) is 5.56 Å². The van der Waals surface area contributed by atoms with Crippen LogP contribution in [-0.4, -0.2) is 52.1 Å². The molecule has 2 aromatic carbocycles. The van der Waals surface area contributed by atoms with Gasteiger partial charge in [0.15, 0.2) is 0 Å². The van der Waals surface area contributed by atoms with Crippen LogP contribution in [0.1, 0.15) is 26.2 Å². The molecule has 0 amide bonds. The van der Waals surface area contributed by atoms with Crippen LogP contribution in [-0.2, 0) is 6.54 Å². The van der Waals surface area contributed by atoms with E-state index in [2.05, 4.69) is 52.6 Å². The van der Waals surface area contributed by atoms with Crippen molar-refractivity contribution in [2.45, 2.75) is 32.7 Å². The molecule has 0 unspecified atom stereocenters. The molecular formula is C28H32ClN5O. The van der Waals surface area contributed by atoms with Gasteiger partial charge in [0, 0.05) is 61.3 Å². The third-order valence-electron chi connectivity index (χ3n) is 6.87. The number of likely N-dealkylation sites (N-methyl/N-ethyl adjacent to an activating group) is 1. The van der Waals surface area contributed by atoms with Crippen molar-refractivity contribution >= 4 is 23.1 Å². The third-order valence-corrected chi connectivity index (χ3v) is 7.13. The maximum Gasteiger partial charge on any atom is 0.259 e. The largest absolute Gasteiger partial charge is 0.369 e. The molecular weight excluding hydrogens is 458 g/mol. The number of rotatable bonds is 7. The van der Waals surface area contributed by atoms with Crippen molar-refractivity contribution in [3.8, 4) is 22.5 Å². The maximum atomic E-state index is 13.2. The minimum absolute atomic E-state index is 0.0717. The number of hydrogen-bond acceptors (Lipinski definition) is 4. The average molecular weight is 490 g/mol. The van der Waals surface area contributed by atoms with E-state index in [1.54, 1.807) is 10.5 Å². The first-order chi connectivity index (χ1) is 17.0. The number of aryl methyl sites for hydroxylation is 1. The van der Waals surface area contributed by atoms with Crippen LogP contribution in [0.4, 0.5) is 5.69 Å². The Morgan fingerprint density at radius 3 is 2.29 bits per heavy atom. The number of hydrogen-bond donors (Lipinski definition) is 0. The van der Waals surface area contributed by atoms with Gasteiger partial charge in [-0.2, -0.15) is 0 Å². The van der Waals surface area contributed by atoms with Crippen LogP contribution in [0.3, 0.4) is 0 Å². The fraction of sp³-hybridized carbons (Fsp3) is 0.357. The summed E-state index contributed by atoms with van der Waals surface area (Å²) >= 11 is 6.07. The lowest BCUT2D eigenvalue weighted by atomic mass is 10.1. The molecule has 6 nitrogen and oxygen atoms in total. The lowest BCUT2D eigenvalue weighted by Gasteiger charge is -2.34. The van der Waals surface area contributed by atoms with E-state index < -0.39 is 0 Å². The van der Waals surface area contributed by atoms with Crippen molar-refractivity contribution < 1.29 is 0 Å². The first-order valence-electron chi connectivity index (χ1n) is 12.5. The number of nitrogens with zero attached hydrogens (tertiary/aromatic N) is 5. The predicted octanol–water partition coefficient (Wildman–Crippen LogP) is 5.43. The van der Waals surface area contributed by atoms with Crippen molar-refractivity contribution in [3.05, 3.63) is 76.2 Å². The van der Waals surface area contributed by atoms with Crippen LogP contribution in [0, 0.1) is 0 Å². The summed E-state index contributed by atoms with van der Waals surface area (Å²) in [5, 5.41) is 0.680. The molecule has 1 fully saturated rings. The number of piperazine rings is 1.